The molecule has 4 rings (SSSR count). The minimum atomic E-state index is -4.49. The molecule has 1 atom stereocenters. The van der Waals surface area contributed by atoms with Crippen LogP contribution in [0.4, 0.5) is 13.2 Å². The number of pyridine rings is 1. The van der Waals surface area contributed by atoms with Crippen LogP contribution in [0.2, 0.25) is 0 Å². The molecule has 1 unspecified atom stereocenters. The fraction of sp³-hybridized carbons (Fsp3) is 0.500. The summed E-state index contributed by atoms with van der Waals surface area (Å²) < 4.78 is 43.0. The summed E-state index contributed by atoms with van der Waals surface area (Å²) in [6, 6.07) is 1.00. The quantitative estimate of drug-likeness (QED) is 0.611. The Bertz CT molecular complexity index is 1000. The average molecular weight is 395 g/mol. The van der Waals surface area contributed by atoms with Gasteiger partial charge in [-0.25, -0.2) is 15.0 Å². The summed E-state index contributed by atoms with van der Waals surface area (Å²) in [6.07, 6.45) is -1.25. The maximum absolute atomic E-state index is 13.0. The maximum Gasteiger partial charge on any atom is 0.433 e. The molecule has 4 heterocycles. The van der Waals surface area contributed by atoms with Gasteiger partial charge in [0.15, 0.2) is 5.82 Å². The molecule has 0 aliphatic carbocycles. The van der Waals surface area contributed by atoms with Crippen LogP contribution < -0.4 is 0 Å². The highest BCUT2D eigenvalue weighted by Gasteiger charge is 2.33. The van der Waals surface area contributed by atoms with Crippen LogP contribution in [0, 0.1) is 5.92 Å². The Hall–Kier alpha value is -2.03. The van der Waals surface area contributed by atoms with E-state index in [9.17, 15) is 13.2 Å². The second-order valence-electron chi connectivity index (χ2n) is 6.91. The van der Waals surface area contributed by atoms with E-state index in [-0.39, 0.29) is 5.52 Å². The van der Waals surface area contributed by atoms with E-state index in [1.807, 2.05) is 0 Å². The van der Waals surface area contributed by atoms with Gasteiger partial charge < -0.3 is 9.13 Å². The zero-order chi connectivity index (χ0) is 19.3. The first-order valence-electron chi connectivity index (χ1n) is 8.91. The number of fused-ring (bicyclic) bond motifs is 2. The van der Waals surface area contributed by atoms with Crippen LogP contribution in [0.15, 0.2) is 17.3 Å². The van der Waals surface area contributed by atoms with E-state index in [1.54, 1.807) is 23.4 Å². The molecule has 3 aromatic rings. The minimum Gasteiger partial charge on any atom is -0.324 e. The Morgan fingerprint density at radius 1 is 1.30 bits per heavy atom. The predicted molar refractivity (Wildman–Crippen MR) is 98.6 cm³/mol. The summed E-state index contributed by atoms with van der Waals surface area (Å²) in [5.41, 5.74) is 0.658. The molecule has 9 heteroatoms. The number of halogens is 3. The van der Waals surface area contributed by atoms with Crippen LogP contribution in [-0.2, 0) is 26.2 Å². The average Bonchev–Trinajstić information content (AvgIpc) is 3.12. The lowest BCUT2D eigenvalue weighted by atomic mass is 10.0. The lowest BCUT2D eigenvalue weighted by molar-refractivity contribution is -0.141. The predicted octanol–water partition coefficient (Wildman–Crippen LogP) is 4.54. The second-order valence-corrected chi connectivity index (χ2v) is 8.17. The molecule has 27 heavy (non-hydrogen) atoms. The Morgan fingerprint density at radius 3 is 2.78 bits per heavy atom. The molecular formula is C18H20F3N5S. The van der Waals surface area contributed by atoms with Gasteiger partial charge in [-0.15, -0.1) is 11.8 Å². The van der Waals surface area contributed by atoms with E-state index in [2.05, 4.69) is 28.4 Å². The van der Waals surface area contributed by atoms with Gasteiger partial charge >= 0.3 is 6.18 Å². The standard InChI is InChI=1S/C18H20F3N5S/c1-4-27-17-15(24-14-7-10(2)5-6-26(14)17)16-23-11-8-13(18(19,20)21)22-9-12(11)25(16)3/h8-10H,4-7H2,1-3H3. The number of rotatable bonds is 3. The molecule has 0 saturated heterocycles. The van der Waals surface area contributed by atoms with Gasteiger partial charge in [-0.2, -0.15) is 13.2 Å². The Kier molecular flexibility index (Phi) is 4.44. The fourth-order valence-electron chi connectivity index (χ4n) is 3.52. The number of hydrogen-bond acceptors (Lipinski definition) is 4. The number of hydrogen-bond donors (Lipinski definition) is 0. The van der Waals surface area contributed by atoms with E-state index >= 15 is 0 Å². The fourth-order valence-corrected chi connectivity index (χ4v) is 4.42. The first kappa shape index (κ1) is 18.3. The Balaban J connectivity index is 1.88. The summed E-state index contributed by atoms with van der Waals surface area (Å²) in [5, 5.41) is 1.04. The van der Waals surface area contributed by atoms with Gasteiger partial charge in [0.25, 0.3) is 0 Å². The highest BCUT2D eigenvalue weighted by atomic mass is 32.2. The van der Waals surface area contributed by atoms with E-state index in [0.29, 0.717) is 17.3 Å². The summed E-state index contributed by atoms with van der Waals surface area (Å²) in [5.74, 6) is 3.07. The summed E-state index contributed by atoms with van der Waals surface area (Å²) >= 11 is 1.70. The monoisotopic (exact) mass is 395 g/mol. The largest absolute Gasteiger partial charge is 0.433 e. The molecular weight excluding hydrogens is 375 g/mol. The van der Waals surface area contributed by atoms with Crippen molar-refractivity contribution >= 4 is 22.8 Å². The van der Waals surface area contributed by atoms with Crippen molar-refractivity contribution in [1.82, 2.24) is 24.1 Å². The molecule has 3 aromatic heterocycles. The maximum atomic E-state index is 13.0. The Morgan fingerprint density at radius 2 is 2.07 bits per heavy atom. The van der Waals surface area contributed by atoms with Gasteiger partial charge in [-0.1, -0.05) is 13.8 Å². The van der Waals surface area contributed by atoms with Crippen molar-refractivity contribution in [2.45, 2.75) is 44.4 Å². The van der Waals surface area contributed by atoms with Gasteiger partial charge in [-0.05, 0) is 24.2 Å². The lowest BCUT2D eigenvalue weighted by Gasteiger charge is -2.21. The van der Waals surface area contributed by atoms with E-state index in [0.717, 1.165) is 47.7 Å². The van der Waals surface area contributed by atoms with Crippen molar-refractivity contribution in [2.75, 3.05) is 5.75 Å². The summed E-state index contributed by atoms with van der Waals surface area (Å²) in [6.45, 7) is 5.20. The molecule has 0 fully saturated rings. The topological polar surface area (TPSA) is 48.5 Å². The van der Waals surface area contributed by atoms with Gasteiger partial charge in [0.05, 0.1) is 17.2 Å². The third-order valence-electron chi connectivity index (χ3n) is 4.93. The number of nitrogens with zero attached hydrogens (tertiary/aromatic N) is 5. The van der Waals surface area contributed by atoms with E-state index in [1.165, 1.54) is 6.20 Å². The highest BCUT2D eigenvalue weighted by molar-refractivity contribution is 7.99. The van der Waals surface area contributed by atoms with Crippen molar-refractivity contribution < 1.29 is 13.2 Å². The molecule has 5 nitrogen and oxygen atoms in total. The van der Waals surface area contributed by atoms with Gasteiger partial charge in [0.2, 0.25) is 0 Å². The van der Waals surface area contributed by atoms with Gasteiger partial charge in [0, 0.05) is 20.0 Å². The number of aromatic nitrogens is 5. The SMILES string of the molecule is CCSc1c(-c2nc3cc(C(F)(F)F)ncc3n2C)nc2n1CCC(C)C2. The van der Waals surface area contributed by atoms with Crippen molar-refractivity contribution in [3.05, 3.63) is 23.8 Å². The number of alkyl halides is 3. The van der Waals surface area contributed by atoms with Crippen molar-refractivity contribution in [3.8, 4) is 11.5 Å². The molecule has 1 aliphatic heterocycles. The van der Waals surface area contributed by atoms with Gasteiger partial charge in [0.1, 0.15) is 22.2 Å². The smallest absolute Gasteiger partial charge is 0.324 e. The van der Waals surface area contributed by atoms with Crippen molar-refractivity contribution in [2.24, 2.45) is 13.0 Å². The van der Waals surface area contributed by atoms with Crippen molar-refractivity contribution in [3.63, 3.8) is 0 Å². The molecule has 0 amide bonds. The minimum absolute atomic E-state index is 0.279. The van der Waals surface area contributed by atoms with Crippen LogP contribution in [0.25, 0.3) is 22.6 Å². The van der Waals surface area contributed by atoms with Crippen LogP contribution in [-0.4, -0.2) is 29.8 Å². The molecule has 0 spiro atoms. The number of thioether (sulfide) groups is 1. The highest BCUT2D eigenvalue weighted by Crippen LogP contribution is 2.37. The van der Waals surface area contributed by atoms with Crippen LogP contribution in [0.3, 0.4) is 0 Å². The lowest BCUT2D eigenvalue weighted by Crippen LogP contribution is -2.17. The zero-order valence-electron chi connectivity index (χ0n) is 15.3. The summed E-state index contributed by atoms with van der Waals surface area (Å²) in [7, 11) is 1.79. The zero-order valence-corrected chi connectivity index (χ0v) is 16.2. The molecule has 144 valence electrons. The van der Waals surface area contributed by atoms with Crippen LogP contribution in [0.1, 0.15) is 31.8 Å². The van der Waals surface area contributed by atoms with Crippen LogP contribution in [0.5, 0.6) is 0 Å². The Labute approximate surface area is 159 Å². The second kappa shape index (κ2) is 6.54. The van der Waals surface area contributed by atoms with Crippen molar-refractivity contribution in [1.29, 1.82) is 0 Å². The molecule has 1 aliphatic rings. The molecule has 0 N–H and O–H groups in total. The molecule has 0 aromatic carbocycles. The molecule has 0 saturated carbocycles. The normalized spacial score (nSPS) is 17.5. The molecule has 0 bridgehead atoms. The number of aryl methyl sites for hydroxylation is 1. The van der Waals surface area contributed by atoms with Crippen LogP contribution >= 0.6 is 11.8 Å². The van der Waals surface area contributed by atoms with E-state index in [4.69, 9.17) is 4.98 Å². The first-order chi connectivity index (χ1) is 12.8. The molecule has 0 radical (unpaired) electrons. The first-order valence-corrected chi connectivity index (χ1v) is 9.90. The number of imidazole rings is 2. The third kappa shape index (κ3) is 3.11. The van der Waals surface area contributed by atoms with E-state index < -0.39 is 11.9 Å². The summed E-state index contributed by atoms with van der Waals surface area (Å²) in [4.78, 5) is 12.9. The van der Waals surface area contributed by atoms with Gasteiger partial charge in [-0.3, -0.25) is 0 Å². The third-order valence-corrected chi connectivity index (χ3v) is 5.90.